The number of carbonyl (C=O) groups excluding carboxylic acids is 3. The third-order valence-corrected chi connectivity index (χ3v) is 3.46. The minimum absolute atomic E-state index is 0.0205. The summed E-state index contributed by atoms with van der Waals surface area (Å²) in [5.74, 6) is -0.628. The van der Waals surface area contributed by atoms with Crippen LogP contribution in [0.2, 0.25) is 0 Å². The number of likely N-dealkylation sites (N-methyl/N-ethyl adjacent to an activating group) is 1. The molecule has 0 aromatic heterocycles. The number of ether oxygens (including phenoxy) is 1. The topological polar surface area (TPSA) is 75.7 Å². The van der Waals surface area contributed by atoms with Crippen LogP contribution in [0, 0.1) is 0 Å². The van der Waals surface area contributed by atoms with Crippen LogP contribution < -0.4 is 5.32 Å². The van der Waals surface area contributed by atoms with Gasteiger partial charge in [0.25, 0.3) is 0 Å². The molecular weight excluding hydrogens is 272 g/mol. The summed E-state index contributed by atoms with van der Waals surface area (Å²) in [6, 6.07) is 6.04. The van der Waals surface area contributed by atoms with E-state index in [1.165, 1.54) is 4.90 Å². The van der Waals surface area contributed by atoms with E-state index in [1.54, 1.807) is 38.2 Å². The van der Waals surface area contributed by atoms with Crippen molar-refractivity contribution in [3.05, 3.63) is 29.8 Å². The third-order valence-electron chi connectivity index (χ3n) is 3.46. The molecule has 0 bridgehead atoms. The van der Waals surface area contributed by atoms with Gasteiger partial charge in [-0.2, -0.15) is 0 Å². The number of amides is 2. The van der Waals surface area contributed by atoms with E-state index < -0.39 is 12.0 Å². The highest BCUT2D eigenvalue weighted by Crippen LogP contribution is 2.19. The monoisotopic (exact) mass is 290 g/mol. The predicted molar refractivity (Wildman–Crippen MR) is 76.8 cm³/mol. The molecule has 112 valence electrons. The fraction of sp³-hybridized carbons (Fsp3) is 0.400. The van der Waals surface area contributed by atoms with Gasteiger partial charge in [0.2, 0.25) is 11.8 Å². The van der Waals surface area contributed by atoms with Gasteiger partial charge < -0.3 is 15.0 Å². The summed E-state index contributed by atoms with van der Waals surface area (Å²) in [4.78, 5) is 36.5. The lowest BCUT2D eigenvalue weighted by molar-refractivity contribution is -0.131. The molecule has 6 heteroatoms. The van der Waals surface area contributed by atoms with E-state index in [0.29, 0.717) is 30.7 Å². The first-order valence-electron chi connectivity index (χ1n) is 6.86. The van der Waals surface area contributed by atoms with E-state index in [4.69, 9.17) is 4.74 Å². The second kappa shape index (κ2) is 6.39. The lowest BCUT2D eigenvalue weighted by atomic mass is 10.2. The molecule has 1 saturated heterocycles. The first-order valence-corrected chi connectivity index (χ1v) is 6.86. The fourth-order valence-corrected chi connectivity index (χ4v) is 2.24. The van der Waals surface area contributed by atoms with E-state index in [2.05, 4.69) is 5.32 Å². The summed E-state index contributed by atoms with van der Waals surface area (Å²) in [5, 5.41) is 2.75. The molecule has 6 nitrogen and oxygen atoms in total. The lowest BCUT2D eigenvalue weighted by Gasteiger charge is -2.19. The Bertz CT molecular complexity index is 553. The Hall–Kier alpha value is -2.37. The van der Waals surface area contributed by atoms with Gasteiger partial charge in [0.15, 0.2) is 0 Å². The van der Waals surface area contributed by atoms with Gasteiger partial charge in [-0.3, -0.25) is 9.59 Å². The molecule has 0 saturated carbocycles. The van der Waals surface area contributed by atoms with Crippen LogP contribution in [-0.4, -0.2) is 42.4 Å². The van der Waals surface area contributed by atoms with Gasteiger partial charge in [0, 0.05) is 19.2 Å². The fourth-order valence-electron chi connectivity index (χ4n) is 2.24. The van der Waals surface area contributed by atoms with Crippen LogP contribution in [0.15, 0.2) is 24.3 Å². The molecule has 1 unspecified atom stereocenters. The number of hydrogen-bond acceptors (Lipinski definition) is 4. The molecule has 21 heavy (non-hydrogen) atoms. The normalized spacial score (nSPS) is 17.7. The number of likely N-dealkylation sites (tertiary alicyclic amines) is 1. The number of carbonyl (C=O) groups is 3. The average molecular weight is 290 g/mol. The highest BCUT2D eigenvalue weighted by Gasteiger charge is 2.33. The minimum atomic E-state index is -0.428. The molecule has 1 aromatic carbocycles. The Balaban J connectivity index is 1.99. The largest absolute Gasteiger partial charge is 0.462 e. The van der Waals surface area contributed by atoms with Crippen molar-refractivity contribution in [2.75, 3.05) is 19.0 Å². The van der Waals surface area contributed by atoms with Gasteiger partial charge in [-0.25, -0.2) is 4.79 Å². The molecule has 1 heterocycles. The number of hydrogen-bond donors (Lipinski definition) is 1. The minimum Gasteiger partial charge on any atom is -0.462 e. The van der Waals surface area contributed by atoms with Crippen molar-refractivity contribution in [3.8, 4) is 0 Å². The van der Waals surface area contributed by atoms with Crippen LogP contribution in [0.4, 0.5) is 5.69 Å². The van der Waals surface area contributed by atoms with Gasteiger partial charge in [-0.1, -0.05) is 0 Å². The first-order chi connectivity index (χ1) is 10.0. The van der Waals surface area contributed by atoms with Gasteiger partial charge in [0.1, 0.15) is 6.04 Å². The second-order valence-electron chi connectivity index (χ2n) is 4.85. The first kappa shape index (κ1) is 15.0. The van der Waals surface area contributed by atoms with Crippen molar-refractivity contribution < 1.29 is 19.1 Å². The standard InChI is InChI=1S/C15H18N2O4/c1-3-21-15(20)10-4-6-11(7-5-10)16-14(19)12-8-9-13(18)17(12)2/h4-7,12H,3,8-9H2,1-2H3,(H,16,19). The van der Waals surface area contributed by atoms with E-state index in [0.717, 1.165) is 0 Å². The average Bonchev–Trinajstić information content (AvgIpc) is 2.80. The molecule has 2 rings (SSSR count). The molecule has 0 radical (unpaired) electrons. The Morgan fingerprint density at radius 2 is 2.00 bits per heavy atom. The van der Waals surface area contributed by atoms with Crippen molar-refractivity contribution in [1.29, 1.82) is 0 Å². The maximum atomic E-state index is 12.1. The highest BCUT2D eigenvalue weighted by atomic mass is 16.5. The third kappa shape index (κ3) is 3.39. The molecule has 1 aromatic rings. The zero-order chi connectivity index (χ0) is 15.4. The number of nitrogens with one attached hydrogen (secondary N) is 1. The van der Waals surface area contributed by atoms with Crippen LogP contribution in [0.3, 0.4) is 0 Å². The number of anilines is 1. The quantitative estimate of drug-likeness (QED) is 0.851. The van der Waals surface area contributed by atoms with Crippen molar-refractivity contribution in [1.82, 2.24) is 4.90 Å². The van der Waals surface area contributed by atoms with Gasteiger partial charge in [-0.05, 0) is 37.6 Å². The van der Waals surface area contributed by atoms with Crippen molar-refractivity contribution >= 4 is 23.5 Å². The van der Waals surface area contributed by atoms with Crippen molar-refractivity contribution in [3.63, 3.8) is 0 Å². The summed E-state index contributed by atoms with van der Waals surface area (Å²) in [5.41, 5.74) is 1.02. The number of benzene rings is 1. The van der Waals surface area contributed by atoms with E-state index >= 15 is 0 Å². The Morgan fingerprint density at radius 3 is 2.52 bits per heavy atom. The molecule has 1 aliphatic rings. The van der Waals surface area contributed by atoms with Crippen molar-refractivity contribution in [2.45, 2.75) is 25.8 Å². The Labute approximate surface area is 123 Å². The molecule has 0 aliphatic carbocycles. The SMILES string of the molecule is CCOC(=O)c1ccc(NC(=O)C2CCC(=O)N2C)cc1. The molecule has 0 spiro atoms. The molecule has 1 aliphatic heterocycles. The molecule has 2 amide bonds. The second-order valence-corrected chi connectivity index (χ2v) is 4.85. The van der Waals surface area contributed by atoms with Crippen LogP contribution in [-0.2, 0) is 14.3 Å². The lowest BCUT2D eigenvalue weighted by Crippen LogP contribution is -2.38. The maximum Gasteiger partial charge on any atom is 0.338 e. The number of esters is 1. The van der Waals surface area contributed by atoms with Gasteiger partial charge >= 0.3 is 5.97 Å². The number of rotatable bonds is 4. The molecule has 1 fully saturated rings. The highest BCUT2D eigenvalue weighted by molar-refractivity contribution is 5.99. The van der Waals surface area contributed by atoms with Crippen LogP contribution in [0.25, 0.3) is 0 Å². The number of nitrogens with zero attached hydrogens (tertiary/aromatic N) is 1. The molecule has 1 atom stereocenters. The Kier molecular flexibility index (Phi) is 4.57. The predicted octanol–water partition coefficient (Wildman–Crippen LogP) is 1.42. The van der Waals surface area contributed by atoms with Gasteiger partial charge in [-0.15, -0.1) is 0 Å². The summed E-state index contributed by atoms with van der Waals surface area (Å²) in [6.45, 7) is 2.06. The van der Waals surface area contributed by atoms with E-state index in [9.17, 15) is 14.4 Å². The smallest absolute Gasteiger partial charge is 0.338 e. The summed E-state index contributed by atoms with van der Waals surface area (Å²) in [6.07, 6.45) is 0.929. The summed E-state index contributed by atoms with van der Waals surface area (Å²) < 4.78 is 4.89. The zero-order valence-electron chi connectivity index (χ0n) is 12.1. The summed E-state index contributed by atoms with van der Waals surface area (Å²) >= 11 is 0. The van der Waals surface area contributed by atoms with Crippen molar-refractivity contribution in [2.24, 2.45) is 0 Å². The van der Waals surface area contributed by atoms with Crippen LogP contribution in [0.5, 0.6) is 0 Å². The maximum absolute atomic E-state index is 12.1. The summed E-state index contributed by atoms with van der Waals surface area (Å²) in [7, 11) is 1.63. The van der Waals surface area contributed by atoms with Crippen LogP contribution >= 0.6 is 0 Å². The zero-order valence-corrected chi connectivity index (χ0v) is 12.1. The molecular formula is C15H18N2O4. The van der Waals surface area contributed by atoms with E-state index in [-0.39, 0.29) is 11.8 Å². The van der Waals surface area contributed by atoms with Gasteiger partial charge in [0.05, 0.1) is 12.2 Å². The van der Waals surface area contributed by atoms with E-state index in [1.807, 2.05) is 0 Å². The van der Waals surface area contributed by atoms with Crippen LogP contribution in [0.1, 0.15) is 30.1 Å². The Morgan fingerprint density at radius 1 is 1.33 bits per heavy atom. The molecule has 1 N–H and O–H groups in total.